The van der Waals surface area contributed by atoms with Crippen molar-refractivity contribution in [2.24, 2.45) is 5.92 Å². The Kier molecular flexibility index (Phi) is 4.67. The number of rotatable bonds is 1. The van der Waals surface area contributed by atoms with Gasteiger partial charge in [-0.2, -0.15) is 0 Å². The monoisotopic (exact) mass is 146 g/mol. The molecule has 0 N–H and O–H groups in total. The van der Waals surface area contributed by atoms with Crippen molar-refractivity contribution >= 4 is 0 Å². The third kappa shape index (κ3) is 2.68. The molecule has 1 heteroatoms. The number of hydrogen-bond acceptors (Lipinski definition) is 0. The van der Waals surface area contributed by atoms with Crippen molar-refractivity contribution in [2.75, 3.05) is 0 Å². The van der Waals surface area contributed by atoms with Crippen molar-refractivity contribution < 1.29 is 4.39 Å². The second-order valence-corrected chi connectivity index (χ2v) is 3.08. The van der Waals surface area contributed by atoms with Gasteiger partial charge in [-0.1, -0.05) is 26.7 Å². The largest absolute Gasteiger partial charge is 0.247 e. The maximum absolute atomic E-state index is 12.6. The van der Waals surface area contributed by atoms with E-state index in [-0.39, 0.29) is 7.43 Å². The molecule has 0 aromatic carbocycles. The van der Waals surface area contributed by atoms with E-state index in [2.05, 4.69) is 0 Å². The normalized spacial score (nSPS) is 23.4. The molecule has 1 rings (SSSR count). The zero-order valence-electron chi connectivity index (χ0n) is 6.07. The molecule has 0 aromatic rings. The van der Waals surface area contributed by atoms with Crippen LogP contribution in [0.4, 0.5) is 4.39 Å². The molecule has 62 valence electrons. The molecular weight excluding hydrogens is 127 g/mol. The predicted octanol–water partition coefficient (Wildman–Crippen LogP) is 3.56. The van der Waals surface area contributed by atoms with Crippen LogP contribution < -0.4 is 0 Å². The summed E-state index contributed by atoms with van der Waals surface area (Å²) in [7, 11) is 0. The fourth-order valence-electron chi connectivity index (χ4n) is 1.59. The molecule has 10 heavy (non-hydrogen) atoms. The second kappa shape index (κ2) is 4.70. The fourth-order valence-corrected chi connectivity index (χ4v) is 1.59. The standard InChI is InChI=1S/C8H15F.CH4/c1-7(9)8-5-3-2-4-6-8;/h7-8H,2-6H2,1H3;1H4. The van der Waals surface area contributed by atoms with Crippen molar-refractivity contribution in [1.29, 1.82) is 0 Å². The summed E-state index contributed by atoms with van der Waals surface area (Å²) >= 11 is 0. The highest BCUT2D eigenvalue weighted by Crippen LogP contribution is 2.27. The van der Waals surface area contributed by atoms with E-state index in [1.165, 1.54) is 19.3 Å². The summed E-state index contributed by atoms with van der Waals surface area (Å²) in [6, 6.07) is 0. The Bertz CT molecular complexity index is 72.8. The van der Waals surface area contributed by atoms with Gasteiger partial charge in [0.1, 0.15) is 6.17 Å². The van der Waals surface area contributed by atoms with Crippen LogP contribution in [-0.4, -0.2) is 6.17 Å². The van der Waals surface area contributed by atoms with Gasteiger partial charge in [-0.3, -0.25) is 0 Å². The van der Waals surface area contributed by atoms with Crippen molar-refractivity contribution in [1.82, 2.24) is 0 Å². The molecule has 1 atom stereocenters. The fraction of sp³-hybridized carbons (Fsp3) is 1.00. The van der Waals surface area contributed by atoms with Gasteiger partial charge in [-0.15, -0.1) is 0 Å². The zero-order valence-corrected chi connectivity index (χ0v) is 6.07. The first kappa shape index (κ1) is 9.93. The summed E-state index contributed by atoms with van der Waals surface area (Å²) in [6.45, 7) is 1.69. The van der Waals surface area contributed by atoms with Gasteiger partial charge in [0.15, 0.2) is 0 Å². The molecule has 1 unspecified atom stereocenters. The van der Waals surface area contributed by atoms with E-state index in [0.717, 1.165) is 12.8 Å². The molecular formula is C9H19F. The molecule has 1 fully saturated rings. The molecule has 0 saturated heterocycles. The lowest BCUT2D eigenvalue weighted by molar-refractivity contribution is 0.197. The summed E-state index contributed by atoms with van der Waals surface area (Å²) < 4.78 is 12.6. The van der Waals surface area contributed by atoms with Crippen LogP contribution in [0.25, 0.3) is 0 Å². The van der Waals surface area contributed by atoms with Gasteiger partial charge in [0.2, 0.25) is 0 Å². The van der Waals surface area contributed by atoms with Crippen LogP contribution in [-0.2, 0) is 0 Å². The van der Waals surface area contributed by atoms with E-state index in [9.17, 15) is 4.39 Å². The minimum atomic E-state index is -0.565. The molecule has 1 aliphatic carbocycles. The molecule has 0 bridgehead atoms. The van der Waals surface area contributed by atoms with E-state index >= 15 is 0 Å². The van der Waals surface area contributed by atoms with Crippen LogP contribution in [0.2, 0.25) is 0 Å². The van der Waals surface area contributed by atoms with Crippen LogP contribution in [0.15, 0.2) is 0 Å². The minimum Gasteiger partial charge on any atom is -0.247 e. The third-order valence-corrected chi connectivity index (χ3v) is 2.30. The van der Waals surface area contributed by atoms with Gasteiger partial charge < -0.3 is 0 Å². The summed E-state index contributed by atoms with van der Waals surface area (Å²) in [4.78, 5) is 0. The van der Waals surface area contributed by atoms with Crippen LogP contribution in [0.3, 0.4) is 0 Å². The molecule has 0 radical (unpaired) electrons. The highest BCUT2D eigenvalue weighted by Gasteiger charge is 2.18. The van der Waals surface area contributed by atoms with Gasteiger partial charge in [-0.25, -0.2) is 4.39 Å². The average molecular weight is 146 g/mol. The van der Waals surface area contributed by atoms with Crippen LogP contribution in [0.5, 0.6) is 0 Å². The van der Waals surface area contributed by atoms with Crippen molar-refractivity contribution in [3.8, 4) is 0 Å². The van der Waals surface area contributed by atoms with Crippen molar-refractivity contribution in [2.45, 2.75) is 52.6 Å². The SMILES string of the molecule is C.CC(F)C1CCCCC1. The van der Waals surface area contributed by atoms with Crippen LogP contribution >= 0.6 is 0 Å². The number of alkyl halides is 1. The summed E-state index contributed by atoms with van der Waals surface area (Å²) in [5.41, 5.74) is 0. The Balaban J connectivity index is 0.000000810. The molecule has 0 aromatic heterocycles. The van der Waals surface area contributed by atoms with E-state index < -0.39 is 6.17 Å². The highest BCUT2D eigenvalue weighted by atomic mass is 19.1. The Morgan fingerprint density at radius 2 is 1.70 bits per heavy atom. The quantitative estimate of drug-likeness (QED) is 0.530. The number of halogens is 1. The first-order chi connectivity index (χ1) is 4.30. The molecule has 1 aliphatic rings. The number of hydrogen-bond donors (Lipinski definition) is 0. The first-order valence-electron chi connectivity index (χ1n) is 3.95. The Labute approximate surface area is 63.8 Å². The van der Waals surface area contributed by atoms with Gasteiger partial charge in [-0.05, 0) is 25.7 Å². The van der Waals surface area contributed by atoms with Gasteiger partial charge in [0.25, 0.3) is 0 Å². The molecule has 0 amide bonds. The van der Waals surface area contributed by atoms with E-state index in [1.807, 2.05) is 0 Å². The first-order valence-corrected chi connectivity index (χ1v) is 3.95. The van der Waals surface area contributed by atoms with Crippen molar-refractivity contribution in [3.05, 3.63) is 0 Å². The molecule has 0 nitrogen and oxygen atoms in total. The summed E-state index contributed by atoms with van der Waals surface area (Å²) in [5.74, 6) is 0.388. The van der Waals surface area contributed by atoms with Gasteiger partial charge in [0.05, 0.1) is 0 Å². The smallest absolute Gasteiger partial charge is 0.100 e. The lowest BCUT2D eigenvalue weighted by Gasteiger charge is -2.22. The van der Waals surface area contributed by atoms with Gasteiger partial charge in [0, 0.05) is 0 Å². The lowest BCUT2D eigenvalue weighted by atomic mass is 9.87. The Morgan fingerprint density at radius 1 is 1.20 bits per heavy atom. The Hall–Kier alpha value is -0.0700. The van der Waals surface area contributed by atoms with Gasteiger partial charge >= 0.3 is 0 Å². The predicted molar refractivity (Wildman–Crippen MR) is 43.9 cm³/mol. The van der Waals surface area contributed by atoms with Crippen LogP contribution in [0.1, 0.15) is 46.5 Å². The Morgan fingerprint density at radius 3 is 2.00 bits per heavy atom. The van der Waals surface area contributed by atoms with Crippen molar-refractivity contribution in [3.63, 3.8) is 0 Å². The summed E-state index contributed by atoms with van der Waals surface area (Å²) in [6.07, 6.45) is 5.50. The summed E-state index contributed by atoms with van der Waals surface area (Å²) in [5, 5.41) is 0. The topological polar surface area (TPSA) is 0 Å². The van der Waals surface area contributed by atoms with Crippen LogP contribution in [0, 0.1) is 5.92 Å². The molecule has 0 heterocycles. The maximum atomic E-state index is 12.6. The third-order valence-electron chi connectivity index (χ3n) is 2.30. The average Bonchev–Trinajstić information content (AvgIpc) is 1.90. The second-order valence-electron chi connectivity index (χ2n) is 3.08. The maximum Gasteiger partial charge on any atom is 0.100 e. The lowest BCUT2D eigenvalue weighted by Crippen LogP contribution is -2.15. The molecule has 0 spiro atoms. The highest BCUT2D eigenvalue weighted by molar-refractivity contribution is 4.69. The minimum absolute atomic E-state index is 0. The molecule has 1 saturated carbocycles. The van der Waals surface area contributed by atoms with E-state index in [4.69, 9.17) is 0 Å². The molecule has 0 aliphatic heterocycles. The van der Waals surface area contributed by atoms with E-state index in [0.29, 0.717) is 5.92 Å². The van der Waals surface area contributed by atoms with E-state index in [1.54, 1.807) is 6.92 Å². The zero-order chi connectivity index (χ0) is 6.69.